The van der Waals surface area contributed by atoms with Gasteiger partial charge in [0.25, 0.3) is 15.7 Å². The molecule has 2 aromatic carbocycles. The smallest absolute Gasteiger partial charge is 0.271 e. The number of non-ortho nitro benzene ring substituents is 1. The van der Waals surface area contributed by atoms with Gasteiger partial charge in [-0.3, -0.25) is 14.8 Å². The zero-order valence-electron chi connectivity index (χ0n) is 12.8. The maximum Gasteiger partial charge on any atom is 0.271 e. The second-order valence-corrected chi connectivity index (χ2v) is 7.29. The van der Waals surface area contributed by atoms with Crippen molar-refractivity contribution in [3.63, 3.8) is 0 Å². The van der Waals surface area contributed by atoms with Gasteiger partial charge < -0.3 is 0 Å². The van der Waals surface area contributed by atoms with Crippen LogP contribution in [0.25, 0.3) is 0 Å². The standard InChI is InChI=1S/C15H15ClN2O4S/c1-9-4-5-12(16)7-14(9)17-23(21,22)15-8-13(18(19)20)6-10(2)11(15)3/h4-8,17H,1-3H3. The molecule has 0 saturated carbocycles. The Kier molecular flexibility index (Phi) is 4.63. The molecule has 0 atom stereocenters. The minimum absolute atomic E-state index is 0.122. The van der Waals surface area contributed by atoms with Crippen LogP contribution in [0.15, 0.2) is 35.2 Å². The highest BCUT2D eigenvalue weighted by atomic mass is 35.5. The predicted octanol–water partition coefficient (Wildman–Crippen LogP) is 3.97. The summed E-state index contributed by atoms with van der Waals surface area (Å²) in [6.07, 6.45) is 0. The topological polar surface area (TPSA) is 89.3 Å². The molecule has 0 fully saturated rings. The molecule has 6 nitrogen and oxygen atoms in total. The van der Waals surface area contributed by atoms with E-state index in [4.69, 9.17) is 11.6 Å². The van der Waals surface area contributed by atoms with Gasteiger partial charge in [0.05, 0.1) is 15.5 Å². The first-order valence-electron chi connectivity index (χ1n) is 6.66. The van der Waals surface area contributed by atoms with Crippen LogP contribution in [0.2, 0.25) is 5.02 Å². The van der Waals surface area contributed by atoms with Crippen LogP contribution in [0, 0.1) is 30.9 Å². The predicted molar refractivity (Wildman–Crippen MR) is 89.6 cm³/mol. The van der Waals surface area contributed by atoms with Crippen molar-refractivity contribution in [2.24, 2.45) is 0 Å². The molecule has 0 unspecified atom stereocenters. The van der Waals surface area contributed by atoms with Crippen LogP contribution in [-0.2, 0) is 10.0 Å². The zero-order chi connectivity index (χ0) is 17.4. The normalized spacial score (nSPS) is 11.3. The van der Waals surface area contributed by atoms with E-state index in [0.717, 1.165) is 6.07 Å². The van der Waals surface area contributed by atoms with Crippen LogP contribution < -0.4 is 4.72 Å². The lowest BCUT2D eigenvalue weighted by molar-refractivity contribution is -0.385. The molecule has 122 valence electrons. The molecule has 0 aliphatic heterocycles. The number of aryl methyl sites for hydroxylation is 2. The molecule has 2 rings (SSSR count). The summed E-state index contributed by atoms with van der Waals surface area (Å²) in [5.74, 6) is 0. The van der Waals surface area contributed by atoms with Gasteiger partial charge in [0.1, 0.15) is 0 Å². The number of nitrogens with zero attached hydrogens (tertiary/aromatic N) is 1. The van der Waals surface area contributed by atoms with Crippen molar-refractivity contribution < 1.29 is 13.3 Å². The number of rotatable bonds is 4. The van der Waals surface area contributed by atoms with Gasteiger partial charge in [0.2, 0.25) is 0 Å². The van der Waals surface area contributed by atoms with Crippen molar-refractivity contribution in [2.45, 2.75) is 25.7 Å². The average molecular weight is 355 g/mol. The Bertz CT molecular complexity index is 895. The SMILES string of the molecule is Cc1ccc(Cl)cc1NS(=O)(=O)c1cc([N+](=O)[O-])cc(C)c1C. The van der Waals surface area contributed by atoms with Crippen molar-refractivity contribution in [2.75, 3.05) is 4.72 Å². The van der Waals surface area contributed by atoms with E-state index in [1.165, 1.54) is 12.1 Å². The molecule has 23 heavy (non-hydrogen) atoms. The zero-order valence-corrected chi connectivity index (χ0v) is 14.3. The molecule has 0 radical (unpaired) electrons. The van der Waals surface area contributed by atoms with Gasteiger partial charge in [0, 0.05) is 17.2 Å². The monoisotopic (exact) mass is 354 g/mol. The Labute approximate surface area is 139 Å². The van der Waals surface area contributed by atoms with Crippen molar-refractivity contribution >= 4 is 33.0 Å². The summed E-state index contributed by atoms with van der Waals surface area (Å²) in [5, 5.41) is 11.4. The minimum atomic E-state index is -3.97. The van der Waals surface area contributed by atoms with E-state index in [2.05, 4.69) is 4.72 Å². The summed E-state index contributed by atoms with van der Waals surface area (Å²) in [6.45, 7) is 4.98. The van der Waals surface area contributed by atoms with Crippen LogP contribution in [0.1, 0.15) is 16.7 Å². The molecule has 2 aromatic rings. The minimum Gasteiger partial charge on any atom is -0.279 e. The summed E-state index contributed by atoms with van der Waals surface area (Å²) in [5.41, 5.74) is 1.75. The third kappa shape index (κ3) is 3.62. The van der Waals surface area contributed by atoms with Crippen molar-refractivity contribution in [3.05, 3.63) is 62.2 Å². The lowest BCUT2D eigenvalue weighted by Crippen LogP contribution is -2.16. The summed E-state index contributed by atoms with van der Waals surface area (Å²) in [4.78, 5) is 10.2. The Morgan fingerprint density at radius 1 is 1.09 bits per heavy atom. The quantitative estimate of drug-likeness (QED) is 0.664. The number of nitro benzene ring substituents is 1. The summed E-state index contributed by atoms with van der Waals surface area (Å²) < 4.78 is 27.7. The summed E-state index contributed by atoms with van der Waals surface area (Å²) in [7, 11) is -3.97. The van der Waals surface area contributed by atoms with Gasteiger partial charge in [-0.15, -0.1) is 0 Å². The maximum absolute atomic E-state index is 12.6. The number of halogens is 1. The Morgan fingerprint density at radius 2 is 1.74 bits per heavy atom. The van der Waals surface area contributed by atoms with Crippen molar-refractivity contribution in [3.8, 4) is 0 Å². The number of nitro groups is 1. The van der Waals surface area contributed by atoms with Crippen LogP contribution in [0.4, 0.5) is 11.4 Å². The number of benzene rings is 2. The first kappa shape index (κ1) is 17.2. The number of hydrogen-bond donors (Lipinski definition) is 1. The molecule has 0 aliphatic carbocycles. The van der Waals surface area contributed by atoms with Crippen LogP contribution >= 0.6 is 11.6 Å². The van der Waals surface area contributed by atoms with Gasteiger partial charge in [-0.2, -0.15) is 0 Å². The van der Waals surface area contributed by atoms with Gasteiger partial charge in [-0.05, 0) is 49.6 Å². The second kappa shape index (κ2) is 6.17. The Hall–Kier alpha value is -2.12. The molecule has 0 saturated heterocycles. The van der Waals surface area contributed by atoms with E-state index in [0.29, 0.717) is 27.4 Å². The lowest BCUT2D eigenvalue weighted by Gasteiger charge is -2.14. The molecule has 8 heteroatoms. The molecule has 0 amide bonds. The van der Waals surface area contributed by atoms with Crippen LogP contribution in [0.3, 0.4) is 0 Å². The average Bonchev–Trinajstić information content (AvgIpc) is 2.44. The highest BCUT2D eigenvalue weighted by molar-refractivity contribution is 7.92. The largest absolute Gasteiger partial charge is 0.279 e. The fraction of sp³-hybridized carbons (Fsp3) is 0.200. The van der Waals surface area contributed by atoms with E-state index < -0.39 is 14.9 Å². The number of hydrogen-bond acceptors (Lipinski definition) is 4. The molecule has 0 bridgehead atoms. The van der Waals surface area contributed by atoms with Crippen LogP contribution in [-0.4, -0.2) is 13.3 Å². The molecular formula is C15H15ClN2O4S. The highest BCUT2D eigenvalue weighted by Crippen LogP contribution is 2.28. The molecule has 0 aromatic heterocycles. The number of nitrogens with one attached hydrogen (secondary N) is 1. The Morgan fingerprint density at radius 3 is 2.35 bits per heavy atom. The lowest BCUT2D eigenvalue weighted by atomic mass is 10.1. The molecule has 0 spiro atoms. The highest BCUT2D eigenvalue weighted by Gasteiger charge is 2.23. The first-order valence-corrected chi connectivity index (χ1v) is 8.52. The van der Waals surface area contributed by atoms with Gasteiger partial charge in [-0.1, -0.05) is 17.7 Å². The summed E-state index contributed by atoms with van der Waals surface area (Å²) in [6, 6.07) is 7.24. The fourth-order valence-electron chi connectivity index (χ4n) is 2.10. The fourth-order valence-corrected chi connectivity index (χ4v) is 3.73. The maximum atomic E-state index is 12.6. The van der Waals surface area contributed by atoms with Crippen molar-refractivity contribution in [1.29, 1.82) is 0 Å². The molecule has 0 heterocycles. The van der Waals surface area contributed by atoms with E-state index >= 15 is 0 Å². The molecule has 1 N–H and O–H groups in total. The third-order valence-electron chi connectivity index (χ3n) is 3.55. The second-order valence-electron chi connectivity index (χ2n) is 5.21. The van der Waals surface area contributed by atoms with Crippen molar-refractivity contribution in [1.82, 2.24) is 0 Å². The first-order chi connectivity index (χ1) is 10.6. The summed E-state index contributed by atoms with van der Waals surface area (Å²) >= 11 is 5.89. The number of anilines is 1. The third-order valence-corrected chi connectivity index (χ3v) is 5.28. The number of sulfonamides is 1. The van der Waals surface area contributed by atoms with E-state index in [-0.39, 0.29) is 10.6 Å². The van der Waals surface area contributed by atoms with E-state index in [9.17, 15) is 18.5 Å². The van der Waals surface area contributed by atoms with Gasteiger partial charge >= 0.3 is 0 Å². The van der Waals surface area contributed by atoms with Gasteiger partial charge in [0.15, 0.2) is 0 Å². The molecule has 0 aliphatic rings. The van der Waals surface area contributed by atoms with Gasteiger partial charge in [-0.25, -0.2) is 8.42 Å². The molecular weight excluding hydrogens is 340 g/mol. The van der Waals surface area contributed by atoms with Crippen LogP contribution in [0.5, 0.6) is 0 Å². The Balaban J connectivity index is 2.56. The van der Waals surface area contributed by atoms with E-state index in [1.807, 2.05) is 0 Å². The van der Waals surface area contributed by atoms with E-state index in [1.54, 1.807) is 32.9 Å².